The van der Waals surface area contributed by atoms with Gasteiger partial charge in [-0.2, -0.15) is 0 Å². The number of hydrogen-bond donors (Lipinski definition) is 1. The highest BCUT2D eigenvalue weighted by Gasteiger charge is 2.28. The Kier molecular flexibility index (Phi) is 6.52. The molecule has 3 heterocycles. The van der Waals surface area contributed by atoms with Crippen LogP contribution in [-0.4, -0.2) is 34.9 Å². The fraction of sp³-hybridized carbons (Fsp3) is 0.214. The van der Waals surface area contributed by atoms with Gasteiger partial charge in [0.05, 0.1) is 17.1 Å². The molecule has 2 aromatic heterocycles. The summed E-state index contributed by atoms with van der Waals surface area (Å²) in [5.41, 5.74) is 5.81. The number of pyridine rings is 1. The van der Waals surface area contributed by atoms with Gasteiger partial charge < -0.3 is 10.1 Å². The molecule has 1 aliphatic heterocycles. The number of hydrogen-bond acceptors (Lipinski definition) is 6. The Morgan fingerprint density at radius 2 is 2.00 bits per heavy atom. The molecule has 2 amide bonds. The number of thiazole rings is 1. The van der Waals surface area contributed by atoms with Gasteiger partial charge in [-0.05, 0) is 54.3 Å². The van der Waals surface area contributed by atoms with Gasteiger partial charge in [0.25, 0.3) is 5.91 Å². The molecule has 7 nitrogen and oxygen atoms in total. The lowest BCUT2D eigenvalue weighted by molar-refractivity contribution is -0.123. The Morgan fingerprint density at radius 3 is 2.78 bits per heavy atom. The molecule has 1 aliphatic rings. The maximum Gasteiger partial charge on any atom is 0.265 e. The Labute approximate surface area is 213 Å². The highest BCUT2D eigenvalue weighted by atomic mass is 32.1. The quantitative estimate of drug-likeness (QED) is 0.370. The number of rotatable bonds is 6. The molecule has 0 fully saturated rings. The number of fused-ring (bicyclic) bond motifs is 1. The third-order valence-corrected chi connectivity index (χ3v) is 6.94. The minimum atomic E-state index is -0.267. The van der Waals surface area contributed by atoms with Crippen molar-refractivity contribution in [3.63, 3.8) is 0 Å². The van der Waals surface area contributed by atoms with Crippen LogP contribution in [0.25, 0.3) is 22.0 Å². The number of ether oxygens (including phenoxy) is 1. The monoisotopic (exact) mass is 498 g/mol. The molecule has 0 saturated heterocycles. The molecule has 8 heteroatoms. The molecule has 0 unspecified atom stereocenters. The summed E-state index contributed by atoms with van der Waals surface area (Å²) in [6.45, 7) is 5.93. The standard InChI is InChI=1S/C28H26N4O3S/c1-17(2)20-8-6-7-18(3)27(20)31-25(33)14-32-23-13-19(10-11-24(23)35-15-26(32)34)22-16-36-28(30-22)21-9-4-5-12-29-21/h4-13,16-17H,14-15H2,1-3H3,(H,31,33). The summed E-state index contributed by atoms with van der Waals surface area (Å²) >= 11 is 1.50. The third-order valence-electron chi connectivity index (χ3n) is 6.08. The van der Waals surface area contributed by atoms with E-state index >= 15 is 0 Å². The number of benzene rings is 2. The summed E-state index contributed by atoms with van der Waals surface area (Å²) < 4.78 is 5.65. The Bertz CT molecular complexity index is 1430. The molecule has 0 bridgehead atoms. The Morgan fingerprint density at radius 1 is 1.14 bits per heavy atom. The van der Waals surface area contributed by atoms with Crippen LogP contribution in [0.3, 0.4) is 0 Å². The number of carbonyl (C=O) groups excluding carboxylic acids is 2. The van der Waals surface area contributed by atoms with Crippen molar-refractivity contribution < 1.29 is 14.3 Å². The molecule has 0 aliphatic carbocycles. The number of carbonyl (C=O) groups is 2. The first-order valence-corrected chi connectivity index (χ1v) is 12.6. The van der Waals surface area contributed by atoms with Gasteiger partial charge in [0, 0.05) is 22.8 Å². The summed E-state index contributed by atoms with van der Waals surface area (Å²) in [6.07, 6.45) is 1.74. The van der Waals surface area contributed by atoms with Gasteiger partial charge in [-0.3, -0.25) is 19.5 Å². The molecular formula is C28H26N4O3S. The predicted molar refractivity (Wildman–Crippen MR) is 143 cm³/mol. The van der Waals surface area contributed by atoms with Gasteiger partial charge in [0.2, 0.25) is 5.91 Å². The van der Waals surface area contributed by atoms with Crippen molar-refractivity contribution in [1.29, 1.82) is 0 Å². The van der Waals surface area contributed by atoms with Gasteiger partial charge in [-0.1, -0.05) is 38.1 Å². The van der Waals surface area contributed by atoms with Crippen LogP contribution in [0.1, 0.15) is 30.9 Å². The average molecular weight is 499 g/mol. The molecule has 0 atom stereocenters. The van der Waals surface area contributed by atoms with Gasteiger partial charge >= 0.3 is 0 Å². The number of aryl methyl sites for hydroxylation is 1. The molecule has 5 rings (SSSR count). The van der Waals surface area contributed by atoms with Crippen molar-refractivity contribution in [2.45, 2.75) is 26.7 Å². The van der Waals surface area contributed by atoms with E-state index in [-0.39, 0.29) is 30.9 Å². The van der Waals surface area contributed by atoms with Gasteiger partial charge in [-0.15, -0.1) is 11.3 Å². The zero-order chi connectivity index (χ0) is 25.2. The second-order valence-corrected chi connectivity index (χ2v) is 9.80. The largest absolute Gasteiger partial charge is 0.482 e. The lowest BCUT2D eigenvalue weighted by atomic mass is 9.98. The lowest BCUT2D eigenvalue weighted by Gasteiger charge is -2.29. The van der Waals surface area contributed by atoms with Crippen LogP contribution in [0.4, 0.5) is 11.4 Å². The average Bonchev–Trinajstić information content (AvgIpc) is 3.37. The Balaban J connectivity index is 1.41. The first-order chi connectivity index (χ1) is 17.4. The van der Waals surface area contributed by atoms with Crippen LogP contribution in [0.15, 0.2) is 66.2 Å². The number of nitrogens with one attached hydrogen (secondary N) is 1. The van der Waals surface area contributed by atoms with E-state index in [2.05, 4.69) is 24.1 Å². The third kappa shape index (κ3) is 4.72. The van der Waals surface area contributed by atoms with Crippen molar-refractivity contribution in [2.24, 2.45) is 0 Å². The van der Waals surface area contributed by atoms with E-state index in [9.17, 15) is 9.59 Å². The second kappa shape index (κ2) is 9.91. The van der Waals surface area contributed by atoms with Crippen molar-refractivity contribution in [2.75, 3.05) is 23.4 Å². The predicted octanol–water partition coefficient (Wildman–Crippen LogP) is 5.67. The Hall–Kier alpha value is -4.04. The normalized spacial score (nSPS) is 12.9. The smallest absolute Gasteiger partial charge is 0.265 e. The van der Waals surface area contributed by atoms with E-state index < -0.39 is 0 Å². The van der Waals surface area contributed by atoms with Gasteiger partial charge in [-0.25, -0.2) is 4.98 Å². The number of nitrogens with zero attached hydrogens (tertiary/aromatic N) is 3. The molecule has 4 aromatic rings. The first kappa shape index (κ1) is 23.7. The number of aromatic nitrogens is 2. The van der Waals surface area contributed by atoms with E-state index in [0.717, 1.165) is 38.8 Å². The molecule has 0 radical (unpaired) electrons. The summed E-state index contributed by atoms with van der Waals surface area (Å²) in [7, 11) is 0. The van der Waals surface area contributed by atoms with E-state index in [4.69, 9.17) is 9.72 Å². The molecule has 0 saturated carbocycles. The second-order valence-electron chi connectivity index (χ2n) is 8.95. The van der Waals surface area contributed by atoms with Crippen LogP contribution in [-0.2, 0) is 9.59 Å². The van der Waals surface area contributed by atoms with Crippen LogP contribution in [0, 0.1) is 6.92 Å². The summed E-state index contributed by atoms with van der Waals surface area (Å²) in [5, 5.41) is 5.80. The van der Waals surface area contributed by atoms with Crippen molar-refractivity contribution in [1.82, 2.24) is 9.97 Å². The van der Waals surface area contributed by atoms with Gasteiger partial charge in [0.1, 0.15) is 17.3 Å². The van der Waals surface area contributed by atoms with E-state index in [1.165, 1.54) is 16.2 Å². The summed E-state index contributed by atoms with van der Waals surface area (Å²) in [5.74, 6) is 0.285. The number of anilines is 2. The van der Waals surface area contributed by atoms with Gasteiger partial charge in [0.15, 0.2) is 6.61 Å². The van der Waals surface area contributed by atoms with Crippen LogP contribution < -0.4 is 15.0 Å². The van der Waals surface area contributed by atoms with Crippen molar-refractivity contribution in [3.05, 3.63) is 77.3 Å². The van der Waals surface area contributed by atoms with Crippen LogP contribution >= 0.6 is 11.3 Å². The molecular weight excluding hydrogens is 472 g/mol. The van der Waals surface area contributed by atoms with E-state index in [0.29, 0.717) is 11.4 Å². The SMILES string of the molecule is Cc1cccc(C(C)C)c1NC(=O)CN1C(=O)COc2ccc(-c3csc(-c4ccccn4)n3)cc21. The fourth-order valence-corrected chi connectivity index (χ4v) is 5.02. The van der Waals surface area contributed by atoms with E-state index in [1.807, 2.05) is 66.9 Å². The fourth-order valence-electron chi connectivity index (χ4n) is 4.21. The first-order valence-electron chi connectivity index (χ1n) is 11.7. The maximum atomic E-state index is 13.1. The van der Waals surface area contributed by atoms with E-state index in [1.54, 1.807) is 6.20 Å². The number of para-hydroxylation sites is 1. The minimum Gasteiger partial charge on any atom is -0.482 e. The highest BCUT2D eigenvalue weighted by molar-refractivity contribution is 7.13. The van der Waals surface area contributed by atoms with Crippen molar-refractivity contribution in [3.8, 4) is 27.7 Å². The van der Waals surface area contributed by atoms with Crippen LogP contribution in [0.2, 0.25) is 0 Å². The molecule has 1 N–H and O–H groups in total. The minimum absolute atomic E-state index is 0.109. The zero-order valence-corrected chi connectivity index (χ0v) is 21.1. The zero-order valence-electron chi connectivity index (χ0n) is 20.3. The highest BCUT2D eigenvalue weighted by Crippen LogP contribution is 2.37. The molecule has 0 spiro atoms. The summed E-state index contributed by atoms with van der Waals surface area (Å²) in [6, 6.07) is 17.3. The lowest BCUT2D eigenvalue weighted by Crippen LogP contribution is -2.43. The molecule has 2 aromatic carbocycles. The number of amides is 2. The maximum absolute atomic E-state index is 13.1. The topological polar surface area (TPSA) is 84.4 Å². The molecule has 182 valence electrons. The molecule has 36 heavy (non-hydrogen) atoms. The summed E-state index contributed by atoms with van der Waals surface area (Å²) in [4.78, 5) is 36.5. The van der Waals surface area contributed by atoms with Crippen LogP contribution in [0.5, 0.6) is 5.75 Å². The van der Waals surface area contributed by atoms with Crippen molar-refractivity contribution >= 4 is 34.5 Å².